The first kappa shape index (κ1) is 15.2. The summed E-state index contributed by atoms with van der Waals surface area (Å²) in [6.45, 7) is 1.25. The van der Waals surface area contributed by atoms with Gasteiger partial charge >= 0.3 is 0 Å². The monoisotopic (exact) mass is 343 g/mol. The van der Waals surface area contributed by atoms with Gasteiger partial charge in [0.25, 0.3) is 5.91 Å². The second-order valence-corrected chi connectivity index (χ2v) is 6.58. The summed E-state index contributed by atoms with van der Waals surface area (Å²) in [5, 5.41) is 9.27. The average Bonchev–Trinajstić information content (AvgIpc) is 3.34. The second-order valence-electron chi connectivity index (χ2n) is 5.60. The van der Waals surface area contributed by atoms with E-state index in [1.165, 1.54) is 0 Å². The van der Waals surface area contributed by atoms with Crippen molar-refractivity contribution in [3.63, 3.8) is 0 Å². The van der Waals surface area contributed by atoms with Crippen LogP contribution in [0.15, 0.2) is 40.3 Å². The van der Waals surface area contributed by atoms with Gasteiger partial charge in [0.1, 0.15) is 5.69 Å². The minimum Gasteiger partial charge on any atom is -0.463 e. The van der Waals surface area contributed by atoms with Crippen LogP contribution < -0.4 is 0 Å². The molecule has 3 aromatic rings. The maximum Gasteiger partial charge on any atom is 0.275 e. The molecule has 4 rings (SSSR count). The molecule has 3 aromatic heterocycles. The topological polar surface area (TPSA) is 71.4 Å². The molecule has 1 aliphatic rings. The number of aromatic amines is 1. The molecule has 1 unspecified atom stereocenters. The largest absolute Gasteiger partial charge is 0.463 e. The lowest BCUT2D eigenvalue weighted by Gasteiger charge is -2.25. The standard InChI is InChI=1S/C17H17N3O3S/c1-22-8-4-7-20-16(12-6-3-10-24-12)13-14(11-5-2-9-23-11)18-19-15(13)17(20)21/h2-3,5-6,9-10,16H,4,7-8H2,1H3,(H,18,19). The Morgan fingerprint density at radius 3 is 3.04 bits per heavy atom. The highest BCUT2D eigenvalue weighted by Crippen LogP contribution is 2.44. The van der Waals surface area contributed by atoms with E-state index in [-0.39, 0.29) is 11.9 Å². The Balaban J connectivity index is 1.78. The predicted molar refractivity (Wildman–Crippen MR) is 90.0 cm³/mol. The Morgan fingerprint density at radius 1 is 1.42 bits per heavy atom. The highest BCUT2D eigenvalue weighted by atomic mass is 32.1. The van der Waals surface area contributed by atoms with Gasteiger partial charge in [0.2, 0.25) is 0 Å². The zero-order chi connectivity index (χ0) is 16.5. The summed E-state index contributed by atoms with van der Waals surface area (Å²) >= 11 is 1.64. The van der Waals surface area contributed by atoms with E-state index in [2.05, 4.69) is 16.3 Å². The van der Waals surface area contributed by atoms with Crippen LogP contribution in [0.25, 0.3) is 11.5 Å². The predicted octanol–water partition coefficient (Wildman–Crippen LogP) is 3.31. The van der Waals surface area contributed by atoms with Crippen molar-refractivity contribution in [3.05, 3.63) is 52.0 Å². The van der Waals surface area contributed by atoms with Gasteiger partial charge in [-0.3, -0.25) is 9.89 Å². The number of nitrogens with one attached hydrogen (secondary N) is 1. The molecular formula is C17H17N3O3S. The van der Waals surface area contributed by atoms with Gasteiger partial charge in [0, 0.05) is 30.7 Å². The molecule has 1 N–H and O–H groups in total. The van der Waals surface area contributed by atoms with E-state index in [9.17, 15) is 4.79 Å². The fourth-order valence-electron chi connectivity index (χ4n) is 3.15. The molecule has 1 aliphatic heterocycles. The summed E-state index contributed by atoms with van der Waals surface area (Å²) in [4.78, 5) is 15.9. The van der Waals surface area contributed by atoms with Crippen LogP contribution in [0, 0.1) is 0 Å². The van der Waals surface area contributed by atoms with Crippen molar-refractivity contribution in [3.8, 4) is 11.5 Å². The number of H-pyrrole nitrogens is 1. The summed E-state index contributed by atoms with van der Waals surface area (Å²) in [5.41, 5.74) is 2.16. The summed E-state index contributed by atoms with van der Waals surface area (Å²) < 4.78 is 10.7. The zero-order valence-corrected chi connectivity index (χ0v) is 14.0. The van der Waals surface area contributed by atoms with E-state index in [0.29, 0.717) is 24.6 Å². The van der Waals surface area contributed by atoms with Gasteiger partial charge in [0.15, 0.2) is 11.5 Å². The third-order valence-corrected chi connectivity index (χ3v) is 5.10. The van der Waals surface area contributed by atoms with Crippen LogP contribution in [0.2, 0.25) is 0 Å². The summed E-state index contributed by atoms with van der Waals surface area (Å²) in [7, 11) is 1.67. The normalized spacial score (nSPS) is 16.8. The van der Waals surface area contributed by atoms with Crippen LogP contribution in [0.3, 0.4) is 0 Å². The van der Waals surface area contributed by atoms with Gasteiger partial charge < -0.3 is 14.1 Å². The van der Waals surface area contributed by atoms with Crippen LogP contribution >= 0.6 is 11.3 Å². The fraction of sp³-hybridized carbons (Fsp3) is 0.294. The van der Waals surface area contributed by atoms with Crippen molar-refractivity contribution in [2.45, 2.75) is 12.5 Å². The van der Waals surface area contributed by atoms with Crippen LogP contribution in [-0.4, -0.2) is 41.3 Å². The summed E-state index contributed by atoms with van der Waals surface area (Å²) in [6.07, 6.45) is 2.41. The number of furan rings is 1. The molecule has 6 nitrogen and oxygen atoms in total. The molecule has 0 fully saturated rings. The van der Waals surface area contributed by atoms with Crippen LogP contribution in [0.5, 0.6) is 0 Å². The average molecular weight is 343 g/mol. The molecule has 1 amide bonds. The molecule has 7 heteroatoms. The number of hydrogen-bond acceptors (Lipinski definition) is 5. The van der Waals surface area contributed by atoms with Crippen LogP contribution in [0.4, 0.5) is 0 Å². The van der Waals surface area contributed by atoms with Gasteiger partial charge in [-0.15, -0.1) is 11.3 Å². The molecule has 0 saturated carbocycles. The number of thiophene rings is 1. The molecule has 4 heterocycles. The lowest BCUT2D eigenvalue weighted by Crippen LogP contribution is -2.30. The molecule has 0 saturated heterocycles. The Kier molecular flexibility index (Phi) is 3.95. The number of hydrogen-bond donors (Lipinski definition) is 1. The van der Waals surface area contributed by atoms with Crippen LogP contribution in [-0.2, 0) is 4.74 Å². The van der Waals surface area contributed by atoms with E-state index in [0.717, 1.165) is 22.6 Å². The van der Waals surface area contributed by atoms with Crippen molar-refractivity contribution in [1.82, 2.24) is 15.1 Å². The number of carbonyl (C=O) groups is 1. The minimum absolute atomic E-state index is 0.0476. The zero-order valence-electron chi connectivity index (χ0n) is 13.2. The van der Waals surface area contributed by atoms with Crippen molar-refractivity contribution in [1.29, 1.82) is 0 Å². The Labute approximate surface area is 143 Å². The van der Waals surface area contributed by atoms with Gasteiger partial charge in [0.05, 0.1) is 12.3 Å². The van der Waals surface area contributed by atoms with Gasteiger partial charge in [-0.25, -0.2) is 0 Å². The number of fused-ring (bicyclic) bond motifs is 1. The molecular weight excluding hydrogens is 326 g/mol. The fourth-order valence-corrected chi connectivity index (χ4v) is 4.00. The Morgan fingerprint density at radius 2 is 2.33 bits per heavy atom. The molecule has 0 spiro atoms. The summed E-state index contributed by atoms with van der Waals surface area (Å²) in [6, 6.07) is 7.62. The molecule has 0 bridgehead atoms. The molecule has 1 atom stereocenters. The van der Waals surface area contributed by atoms with E-state index in [1.54, 1.807) is 24.7 Å². The number of aromatic nitrogens is 2. The smallest absolute Gasteiger partial charge is 0.275 e. The molecule has 24 heavy (non-hydrogen) atoms. The molecule has 0 radical (unpaired) electrons. The molecule has 0 aromatic carbocycles. The maximum atomic E-state index is 12.9. The first-order valence-electron chi connectivity index (χ1n) is 7.76. The maximum absolute atomic E-state index is 12.9. The number of carbonyl (C=O) groups excluding carboxylic acids is 1. The first-order valence-corrected chi connectivity index (χ1v) is 8.64. The number of methoxy groups -OCH3 is 1. The lowest BCUT2D eigenvalue weighted by molar-refractivity contribution is 0.0725. The Hall–Kier alpha value is -2.38. The summed E-state index contributed by atoms with van der Waals surface area (Å²) in [5.74, 6) is 0.644. The minimum atomic E-state index is -0.136. The van der Waals surface area contributed by atoms with E-state index in [4.69, 9.17) is 9.15 Å². The van der Waals surface area contributed by atoms with Crippen molar-refractivity contribution < 1.29 is 13.9 Å². The third kappa shape index (κ3) is 2.37. The molecule has 124 valence electrons. The lowest BCUT2D eigenvalue weighted by atomic mass is 10.0. The van der Waals surface area contributed by atoms with Crippen molar-refractivity contribution in [2.75, 3.05) is 20.3 Å². The first-order chi connectivity index (χ1) is 11.8. The highest BCUT2D eigenvalue weighted by Gasteiger charge is 2.43. The van der Waals surface area contributed by atoms with Crippen molar-refractivity contribution >= 4 is 17.2 Å². The SMILES string of the molecule is COCCCN1C(=O)c2n[nH]c(-c3ccco3)c2C1c1cccs1. The Bertz CT molecular complexity index is 824. The third-order valence-electron chi connectivity index (χ3n) is 4.18. The number of amides is 1. The molecule has 0 aliphatic carbocycles. The van der Waals surface area contributed by atoms with E-state index >= 15 is 0 Å². The second kappa shape index (κ2) is 6.26. The van der Waals surface area contributed by atoms with Crippen LogP contribution in [0.1, 0.15) is 33.4 Å². The van der Waals surface area contributed by atoms with E-state index in [1.807, 2.05) is 28.5 Å². The van der Waals surface area contributed by atoms with Crippen molar-refractivity contribution in [2.24, 2.45) is 0 Å². The van der Waals surface area contributed by atoms with E-state index < -0.39 is 0 Å². The number of ether oxygens (including phenoxy) is 1. The van der Waals surface area contributed by atoms with Gasteiger partial charge in [-0.2, -0.15) is 5.10 Å². The van der Waals surface area contributed by atoms with Gasteiger partial charge in [-0.1, -0.05) is 6.07 Å². The van der Waals surface area contributed by atoms with Gasteiger partial charge in [-0.05, 0) is 30.0 Å². The quantitative estimate of drug-likeness (QED) is 0.697. The number of rotatable bonds is 6. The highest BCUT2D eigenvalue weighted by molar-refractivity contribution is 7.10. The number of nitrogens with zero attached hydrogens (tertiary/aromatic N) is 2.